The van der Waals surface area contributed by atoms with Crippen molar-refractivity contribution in [1.82, 2.24) is 4.98 Å². The Balaban J connectivity index is 1.70. The minimum atomic E-state index is -0.461. The van der Waals surface area contributed by atoms with Crippen LogP contribution in [0.3, 0.4) is 0 Å². The second-order valence-corrected chi connectivity index (χ2v) is 8.60. The number of hydrogen-bond acceptors (Lipinski definition) is 4. The van der Waals surface area contributed by atoms with E-state index >= 15 is 0 Å². The van der Waals surface area contributed by atoms with E-state index in [1.807, 2.05) is 48.7 Å². The van der Waals surface area contributed by atoms with Crippen molar-refractivity contribution in [2.24, 2.45) is 0 Å². The largest absolute Gasteiger partial charge is 0.493 e. The molecule has 1 N–H and O–H groups in total. The van der Waals surface area contributed by atoms with Crippen LogP contribution >= 0.6 is 27.5 Å². The summed E-state index contributed by atoms with van der Waals surface area (Å²) in [6.45, 7) is 0.0780. The predicted molar refractivity (Wildman–Crippen MR) is 128 cm³/mol. The normalized spacial score (nSPS) is 12.0. The zero-order chi connectivity index (χ0) is 22.7. The molecule has 0 amide bonds. The quantitative estimate of drug-likeness (QED) is 0.212. The molecule has 0 aliphatic carbocycles. The number of aromatic nitrogens is 1. The number of hydrogen-bond donors (Lipinski definition) is 1. The van der Waals surface area contributed by atoms with Crippen LogP contribution in [-0.4, -0.2) is 23.6 Å². The van der Waals surface area contributed by atoms with E-state index in [4.69, 9.17) is 21.1 Å². The maximum Gasteiger partial charge on any atom is 0.214 e. The minimum Gasteiger partial charge on any atom is -0.493 e. The number of fused-ring (bicyclic) bond motifs is 1. The summed E-state index contributed by atoms with van der Waals surface area (Å²) in [5.74, 6) is 0.568. The van der Waals surface area contributed by atoms with Crippen LogP contribution < -0.4 is 9.47 Å². The first-order valence-corrected chi connectivity index (χ1v) is 11.1. The van der Waals surface area contributed by atoms with Gasteiger partial charge in [0.05, 0.1) is 17.5 Å². The average molecular weight is 516 g/mol. The van der Waals surface area contributed by atoms with E-state index in [2.05, 4.69) is 20.9 Å². The number of rotatable bonds is 8. The van der Waals surface area contributed by atoms with E-state index in [-0.39, 0.29) is 11.5 Å². The summed E-state index contributed by atoms with van der Waals surface area (Å²) in [6, 6.07) is 18.8. The van der Waals surface area contributed by atoms with Crippen LogP contribution in [-0.2, 0) is 6.61 Å². The molecule has 0 fully saturated rings. The van der Waals surface area contributed by atoms with Gasteiger partial charge in [-0.3, -0.25) is 10.1 Å². The Morgan fingerprint density at radius 2 is 1.91 bits per heavy atom. The van der Waals surface area contributed by atoms with Crippen molar-refractivity contribution in [3.8, 4) is 11.5 Å². The predicted octanol–water partition coefficient (Wildman–Crippen LogP) is 6.58. The summed E-state index contributed by atoms with van der Waals surface area (Å²) in [5.41, 5.74) is 3.51. The van der Waals surface area contributed by atoms with Crippen LogP contribution in [0.1, 0.15) is 22.6 Å². The van der Waals surface area contributed by atoms with Crippen molar-refractivity contribution in [2.75, 3.05) is 13.7 Å². The number of ether oxygens (including phenoxy) is 2. The van der Waals surface area contributed by atoms with Gasteiger partial charge < -0.3 is 14.5 Å². The molecule has 0 radical (unpaired) electrons. The molecule has 32 heavy (non-hydrogen) atoms. The number of aromatic amines is 1. The molecule has 0 saturated carbocycles. The van der Waals surface area contributed by atoms with Gasteiger partial charge in [-0.15, -0.1) is 0 Å². The highest BCUT2D eigenvalue weighted by Crippen LogP contribution is 2.41. The lowest BCUT2D eigenvalue weighted by Gasteiger charge is -2.18. The number of H-pyrrole nitrogens is 1. The van der Waals surface area contributed by atoms with Crippen molar-refractivity contribution in [3.63, 3.8) is 0 Å². The highest BCUT2D eigenvalue weighted by Gasteiger charge is 2.26. The van der Waals surface area contributed by atoms with E-state index < -0.39 is 5.92 Å². The van der Waals surface area contributed by atoms with Crippen molar-refractivity contribution >= 4 is 38.4 Å². The third-order valence-electron chi connectivity index (χ3n) is 5.28. The van der Waals surface area contributed by atoms with Gasteiger partial charge in [-0.1, -0.05) is 41.9 Å². The molecule has 1 heterocycles. The number of benzene rings is 3. The third-order valence-corrected chi connectivity index (χ3v) is 6.12. The van der Waals surface area contributed by atoms with Crippen molar-refractivity contribution in [3.05, 3.63) is 103 Å². The Morgan fingerprint density at radius 3 is 2.62 bits per heavy atom. The first-order chi connectivity index (χ1) is 15.5. The fourth-order valence-electron chi connectivity index (χ4n) is 3.73. The Kier molecular flexibility index (Phi) is 6.67. The summed E-state index contributed by atoms with van der Waals surface area (Å²) in [4.78, 5) is 14.4. The number of halogens is 2. The molecule has 6 nitrogen and oxygen atoms in total. The SMILES string of the molecule is COc1cc([C@H](C[N+](=O)[O-])c2c[nH]c3ccccc23)cc(Br)c1OCc1ccc(Cl)cc1. The van der Waals surface area contributed by atoms with Gasteiger partial charge in [0.2, 0.25) is 6.54 Å². The second-order valence-electron chi connectivity index (χ2n) is 7.31. The molecule has 0 saturated heterocycles. The smallest absolute Gasteiger partial charge is 0.214 e. The van der Waals surface area contributed by atoms with Crippen molar-refractivity contribution in [2.45, 2.75) is 12.5 Å². The maximum atomic E-state index is 11.5. The Labute approximate surface area is 198 Å². The van der Waals surface area contributed by atoms with Crippen LogP contribution in [0.15, 0.2) is 71.3 Å². The molecule has 8 heteroatoms. The molecule has 0 unspecified atom stereocenters. The topological polar surface area (TPSA) is 77.4 Å². The van der Waals surface area contributed by atoms with Gasteiger partial charge in [0.1, 0.15) is 6.61 Å². The van der Waals surface area contributed by atoms with Gasteiger partial charge >= 0.3 is 0 Å². The zero-order valence-corrected chi connectivity index (χ0v) is 19.5. The lowest BCUT2D eigenvalue weighted by Crippen LogP contribution is -2.14. The highest BCUT2D eigenvalue weighted by atomic mass is 79.9. The van der Waals surface area contributed by atoms with Gasteiger partial charge in [-0.25, -0.2) is 0 Å². The second kappa shape index (κ2) is 9.63. The number of para-hydroxylation sites is 1. The minimum absolute atomic E-state index is 0.248. The van der Waals surface area contributed by atoms with Gasteiger partial charge in [-0.05, 0) is 63.0 Å². The zero-order valence-electron chi connectivity index (χ0n) is 17.2. The molecule has 0 bridgehead atoms. The number of nitro groups is 1. The van der Waals surface area contributed by atoms with E-state index in [1.165, 1.54) is 0 Å². The lowest BCUT2D eigenvalue weighted by atomic mass is 9.90. The van der Waals surface area contributed by atoms with Crippen LogP contribution in [0.5, 0.6) is 11.5 Å². The molecule has 4 aromatic rings. The average Bonchev–Trinajstić information content (AvgIpc) is 3.21. The lowest BCUT2D eigenvalue weighted by molar-refractivity contribution is -0.481. The summed E-state index contributed by atoms with van der Waals surface area (Å²) in [7, 11) is 1.55. The number of nitrogens with zero attached hydrogens (tertiary/aromatic N) is 1. The fraction of sp³-hybridized carbons (Fsp3) is 0.167. The summed E-state index contributed by atoms with van der Waals surface area (Å²) in [6.07, 6.45) is 1.84. The molecule has 1 aromatic heterocycles. The summed E-state index contributed by atoms with van der Waals surface area (Å²) >= 11 is 9.51. The van der Waals surface area contributed by atoms with Crippen molar-refractivity contribution < 1.29 is 14.4 Å². The summed E-state index contributed by atoms with van der Waals surface area (Å²) in [5, 5.41) is 13.1. The number of methoxy groups -OCH3 is 1. The van der Waals surface area contributed by atoms with E-state index in [1.54, 1.807) is 25.3 Å². The van der Waals surface area contributed by atoms with E-state index in [0.717, 1.165) is 27.6 Å². The van der Waals surface area contributed by atoms with Gasteiger partial charge in [-0.2, -0.15) is 0 Å². The molecular weight excluding hydrogens is 496 g/mol. The summed E-state index contributed by atoms with van der Waals surface area (Å²) < 4.78 is 12.2. The Hall–Kier alpha value is -3.03. The Bertz CT molecular complexity index is 1260. The fourth-order valence-corrected chi connectivity index (χ4v) is 4.43. The van der Waals surface area contributed by atoms with Crippen LogP contribution in [0.25, 0.3) is 10.9 Å². The van der Waals surface area contributed by atoms with Crippen molar-refractivity contribution in [1.29, 1.82) is 0 Å². The Morgan fingerprint density at radius 1 is 1.16 bits per heavy atom. The van der Waals surface area contributed by atoms with E-state index in [9.17, 15) is 10.1 Å². The molecule has 4 rings (SSSR count). The molecular formula is C24H20BrClN2O4. The molecule has 0 aliphatic rings. The standard InChI is InChI=1S/C24H20BrClN2O4/c1-31-23-11-16(10-21(25)24(23)32-14-15-6-8-17(26)9-7-15)20(13-28(29)30)19-12-27-22-5-3-2-4-18(19)22/h2-12,20,27H,13-14H2,1H3/t20-/m0/s1. The molecule has 0 aliphatic heterocycles. The van der Waals surface area contributed by atoms with Gasteiger partial charge in [0, 0.05) is 27.0 Å². The maximum absolute atomic E-state index is 11.5. The first kappa shape index (κ1) is 22.2. The van der Waals surface area contributed by atoms with Gasteiger partial charge in [0.15, 0.2) is 11.5 Å². The monoisotopic (exact) mass is 514 g/mol. The molecule has 0 spiro atoms. The van der Waals surface area contributed by atoms with Gasteiger partial charge in [0.25, 0.3) is 0 Å². The third kappa shape index (κ3) is 4.74. The first-order valence-electron chi connectivity index (χ1n) is 9.88. The number of nitrogens with one attached hydrogen (secondary N) is 1. The van der Waals surface area contributed by atoms with Crippen LogP contribution in [0, 0.1) is 10.1 Å². The van der Waals surface area contributed by atoms with Crippen LogP contribution in [0.2, 0.25) is 5.02 Å². The molecule has 164 valence electrons. The highest BCUT2D eigenvalue weighted by molar-refractivity contribution is 9.10. The molecule has 3 aromatic carbocycles. The molecule has 1 atom stereocenters. The van der Waals surface area contributed by atoms with E-state index in [0.29, 0.717) is 27.6 Å². The van der Waals surface area contributed by atoms with Crippen LogP contribution in [0.4, 0.5) is 0 Å².